The van der Waals surface area contributed by atoms with Gasteiger partial charge in [0.15, 0.2) is 5.71 Å². The normalized spacial score (nSPS) is 9.59. The van der Waals surface area contributed by atoms with Crippen molar-refractivity contribution in [2.45, 2.75) is 0 Å². The Morgan fingerprint density at radius 1 is 1.18 bits per heavy atom. The minimum absolute atomic E-state index is 0.0116. The van der Waals surface area contributed by atoms with E-state index >= 15 is 0 Å². The molecule has 0 saturated heterocycles. The third-order valence-corrected chi connectivity index (χ3v) is 1.21. The fourth-order valence-electron chi connectivity index (χ4n) is 0.714. The van der Waals surface area contributed by atoms with Gasteiger partial charge in [-0.1, -0.05) is 5.16 Å². The van der Waals surface area contributed by atoms with Crippen LogP contribution in [0.15, 0.2) is 5.16 Å². The fourth-order valence-corrected chi connectivity index (χ4v) is 0.714. The Balaban J connectivity index is 0.000000317. The molecule has 0 amide bonds. The predicted molar refractivity (Wildman–Crippen MR) is 55.8 cm³/mol. The number of rotatable bonds is 2. The number of hydrogen-bond acceptors (Lipinski definition) is 9. The van der Waals surface area contributed by atoms with Crippen molar-refractivity contribution in [3.05, 3.63) is 11.6 Å². The first-order valence-corrected chi connectivity index (χ1v) is 6.06. The van der Waals surface area contributed by atoms with Crippen LogP contribution < -0.4 is 0 Å². The highest BCUT2D eigenvalue weighted by molar-refractivity contribution is 7.83. The molecule has 3 N–H and O–H groups in total. The van der Waals surface area contributed by atoms with Crippen molar-refractivity contribution < 1.29 is 9.42 Å². The SMILES string of the molecule is CS(C)=O.ON=C(c1nn[nH]n1)c1nn[nH]n1. The van der Waals surface area contributed by atoms with Gasteiger partial charge >= 0.3 is 0 Å². The van der Waals surface area contributed by atoms with E-state index in [4.69, 9.17) is 5.21 Å². The molecule has 0 unspecified atom stereocenters. The van der Waals surface area contributed by atoms with Crippen molar-refractivity contribution in [2.24, 2.45) is 5.16 Å². The van der Waals surface area contributed by atoms with Crippen molar-refractivity contribution in [1.29, 1.82) is 0 Å². The minimum atomic E-state index is -0.611. The third-order valence-electron chi connectivity index (χ3n) is 1.21. The van der Waals surface area contributed by atoms with Crippen molar-refractivity contribution in [1.82, 2.24) is 41.2 Å². The maximum atomic E-state index is 9.56. The van der Waals surface area contributed by atoms with Crippen molar-refractivity contribution in [3.63, 3.8) is 0 Å². The van der Waals surface area contributed by atoms with Crippen LogP contribution in [0.3, 0.4) is 0 Å². The van der Waals surface area contributed by atoms with Gasteiger partial charge in [-0.25, -0.2) is 0 Å². The minimum Gasteiger partial charge on any atom is -0.410 e. The molecule has 17 heavy (non-hydrogen) atoms. The van der Waals surface area contributed by atoms with Gasteiger partial charge in [0.1, 0.15) is 0 Å². The van der Waals surface area contributed by atoms with E-state index in [0.717, 1.165) is 0 Å². The molecule has 0 saturated carbocycles. The molecule has 92 valence electrons. The standard InChI is InChI=1S/C3H3N9O.C2H6OS/c13-8-1(2-4-9-10-5-2)3-6-11-12-7-3;1-4(2)3/h13H,(H,4,5,9,10)(H,6,7,11,12);1-2H3. The lowest BCUT2D eigenvalue weighted by atomic mass is 10.3. The zero-order chi connectivity index (χ0) is 12.7. The lowest BCUT2D eigenvalue weighted by Gasteiger charge is -1.88. The van der Waals surface area contributed by atoms with Crippen LogP contribution in [0.2, 0.25) is 0 Å². The number of oxime groups is 1. The van der Waals surface area contributed by atoms with E-state index in [9.17, 15) is 4.21 Å². The molecule has 2 rings (SSSR count). The van der Waals surface area contributed by atoms with Gasteiger partial charge in [0.2, 0.25) is 11.6 Å². The Morgan fingerprint density at radius 3 is 1.82 bits per heavy atom. The van der Waals surface area contributed by atoms with Gasteiger partial charge in [0, 0.05) is 23.3 Å². The Morgan fingerprint density at radius 2 is 1.59 bits per heavy atom. The molecule has 0 aliphatic carbocycles. The van der Waals surface area contributed by atoms with Gasteiger partial charge in [0.25, 0.3) is 0 Å². The Bertz CT molecular complexity index is 437. The maximum absolute atomic E-state index is 9.56. The van der Waals surface area contributed by atoms with Gasteiger partial charge < -0.3 is 5.21 Å². The van der Waals surface area contributed by atoms with E-state index in [2.05, 4.69) is 46.4 Å². The van der Waals surface area contributed by atoms with Crippen molar-refractivity contribution >= 4 is 16.5 Å². The molecule has 0 fully saturated rings. The lowest BCUT2D eigenvalue weighted by molar-refractivity contribution is 0.319. The summed E-state index contributed by atoms with van der Waals surface area (Å²) in [6, 6.07) is 0. The molecule has 12 heteroatoms. The molecule has 11 nitrogen and oxygen atoms in total. The molecule has 0 aliphatic rings. The lowest BCUT2D eigenvalue weighted by Crippen LogP contribution is -2.08. The number of hydrogen-bond donors (Lipinski definition) is 3. The van der Waals surface area contributed by atoms with Gasteiger partial charge in [-0.05, 0) is 10.4 Å². The van der Waals surface area contributed by atoms with Crippen LogP contribution in [0.4, 0.5) is 0 Å². The molecular formula is C5H9N9O2S. The Labute approximate surface area is 97.2 Å². The number of nitrogens with zero attached hydrogens (tertiary/aromatic N) is 7. The first-order valence-electron chi connectivity index (χ1n) is 4.10. The van der Waals surface area contributed by atoms with Gasteiger partial charge in [-0.2, -0.15) is 10.4 Å². The van der Waals surface area contributed by atoms with E-state index in [1.807, 2.05) is 0 Å². The first-order chi connectivity index (χ1) is 8.15. The third kappa shape index (κ3) is 4.02. The smallest absolute Gasteiger partial charge is 0.230 e. The number of nitrogens with one attached hydrogen (secondary N) is 2. The summed E-state index contributed by atoms with van der Waals surface area (Å²) < 4.78 is 9.56. The van der Waals surface area contributed by atoms with Crippen LogP contribution in [0.5, 0.6) is 0 Å². The summed E-state index contributed by atoms with van der Waals surface area (Å²) in [6.45, 7) is 0. The largest absolute Gasteiger partial charge is 0.410 e. The van der Waals surface area contributed by atoms with Gasteiger partial charge in [-0.15, -0.1) is 20.4 Å². The second-order valence-corrected chi connectivity index (χ2v) is 4.14. The predicted octanol–water partition coefficient (Wildman–Crippen LogP) is -2.07. The van der Waals surface area contributed by atoms with E-state index in [0.29, 0.717) is 0 Å². The molecular weight excluding hydrogens is 250 g/mol. The molecule has 2 heterocycles. The first kappa shape index (κ1) is 12.8. The highest BCUT2D eigenvalue weighted by Crippen LogP contribution is 1.96. The van der Waals surface area contributed by atoms with Crippen LogP contribution in [0.25, 0.3) is 0 Å². The fraction of sp³-hybridized carbons (Fsp3) is 0.400. The number of aromatic nitrogens is 8. The van der Waals surface area contributed by atoms with Crippen molar-refractivity contribution in [2.75, 3.05) is 12.5 Å². The zero-order valence-corrected chi connectivity index (χ0v) is 9.71. The van der Waals surface area contributed by atoms with Crippen molar-refractivity contribution in [3.8, 4) is 0 Å². The monoisotopic (exact) mass is 259 g/mol. The maximum Gasteiger partial charge on any atom is 0.230 e. The molecule has 0 aromatic carbocycles. The molecule has 2 aromatic heterocycles. The zero-order valence-electron chi connectivity index (χ0n) is 8.89. The van der Waals surface area contributed by atoms with E-state index in [-0.39, 0.29) is 17.4 Å². The highest BCUT2D eigenvalue weighted by Gasteiger charge is 2.16. The summed E-state index contributed by atoms with van der Waals surface area (Å²) in [6.07, 6.45) is 3.28. The second-order valence-electron chi connectivity index (χ2n) is 2.66. The summed E-state index contributed by atoms with van der Waals surface area (Å²) in [5.41, 5.74) is -0.0116. The summed E-state index contributed by atoms with van der Waals surface area (Å²) in [4.78, 5) is 0. The quantitative estimate of drug-likeness (QED) is 0.315. The van der Waals surface area contributed by atoms with Crippen LogP contribution >= 0.6 is 0 Å². The Hall–Kier alpha value is -2.24. The van der Waals surface area contributed by atoms with Gasteiger partial charge in [-0.3, -0.25) is 4.21 Å². The van der Waals surface area contributed by atoms with Crippen LogP contribution in [0, 0.1) is 0 Å². The topological polar surface area (TPSA) is 159 Å². The average Bonchev–Trinajstić information content (AvgIpc) is 2.89. The highest BCUT2D eigenvalue weighted by atomic mass is 32.2. The van der Waals surface area contributed by atoms with Gasteiger partial charge in [0.05, 0.1) is 0 Å². The molecule has 2 aromatic rings. The number of aromatic amines is 2. The Kier molecular flexibility index (Phi) is 4.80. The molecule has 0 atom stereocenters. The summed E-state index contributed by atoms with van der Waals surface area (Å²) in [7, 11) is -0.611. The van der Waals surface area contributed by atoms with Crippen LogP contribution in [0.1, 0.15) is 11.6 Å². The second kappa shape index (κ2) is 6.37. The molecule has 0 radical (unpaired) electrons. The number of tetrazole rings is 2. The van der Waals surface area contributed by atoms with E-state index in [1.165, 1.54) is 0 Å². The molecule has 0 bridgehead atoms. The molecule has 0 spiro atoms. The van der Waals surface area contributed by atoms with E-state index < -0.39 is 10.8 Å². The summed E-state index contributed by atoms with van der Waals surface area (Å²) in [5.74, 6) is 0.174. The van der Waals surface area contributed by atoms with Crippen LogP contribution in [-0.2, 0) is 10.8 Å². The summed E-state index contributed by atoms with van der Waals surface area (Å²) >= 11 is 0. The summed E-state index contributed by atoms with van der Waals surface area (Å²) in [5, 5.41) is 36.8. The average molecular weight is 259 g/mol. The van der Waals surface area contributed by atoms with Crippen LogP contribution in [-0.4, -0.2) is 68.9 Å². The number of H-pyrrole nitrogens is 2. The molecule has 0 aliphatic heterocycles. The van der Waals surface area contributed by atoms with E-state index in [1.54, 1.807) is 12.5 Å².